The van der Waals surface area contributed by atoms with Crippen LogP contribution >= 0.6 is 0 Å². The molecule has 0 fully saturated rings. The van der Waals surface area contributed by atoms with Gasteiger partial charge in [-0.3, -0.25) is 9.78 Å². The maximum absolute atomic E-state index is 10.5. The second-order valence-corrected chi connectivity index (χ2v) is 2.39. The Morgan fingerprint density at radius 2 is 2.38 bits per heavy atom. The minimum Gasteiger partial charge on any atom is -0.298 e. The van der Waals surface area contributed by atoms with Crippen LogP contribution in [0.2, 0.25) is 0 Å². The Bertz CT molecular complexity index is 363. The van der Waals surface area contributed by atoms with E-state index in [0.717, 1.165) is 11.8 Å². The van der Waals surface area contributed by atoms with Crippen molar-refractivity contribution in [3.63, 3.8) is 0 Å². The molecule has 0 N–H and O–H groups in total. The highest BCUT2D eigenvalue weighted by Crippen LogP contribution is 2.06. The van der Waals surface area contributed by atoms with E-state index in [1.54, 1.807) is 30.6 Å². The van der Waals surface area contributed by atoms with E-state index >= 15 is 0 Å². The maximum atomic E-state index is 10.5. The van der Waals surface area contributed by atoms with Crippen molar-refractivity contribution < 1.29 is 4.79 Å². The third-order valence-electron chi connectivity index (χ3n) is 1.52. The first kappa shape index (κ1) is 9.14. The van der Waals surface area contributed by atoms with Gasteiger partial charge in [0.25, 0.3) is 0 Å². The Labute approximate surface area is 76.3 Å². The number of aromatic nitrogens is 1. The molecule has 1 aromatic rings. The average molecular weight is 172 g/mol. The van der Waals surface area contributed by atoms with Crippen molar-refractivity contribution in [1.29, 1.82) is 5.26 Å². The molecule has 3 heteroatoms. The van der Waals surface area contributed by atoms with Gasteiger partial charge < -0.3 is 0 Å². The van der Waals surface area contributed by atoms with Crippen LogP contribution in [0.15, 0.2) is 24.5 Å². The Morgan fingerprint density at radius 1 is 1.54 bits per heavy atom. The van der Waals surface area contributed by atoms with Gasteiger partial charge in [0, 0.05) is 23.5 Å². The summed E-state index contributed by atoms with van der Waals surface area (Å²) in [6.45, 7) is 0. The van der Waals surface area contributed by atoms with Crippen molar-refractivity contribution in [2.75, 3.05) is 0 Å². The summed E-state index contributed by atoms with van der Waals surface area (Å²) >= 11 is 0. The zero-order valence-corrected chi connectivity index (χ0v) is 6.97. The van der Waals surface area contributed by atoms with Gasteiger partial charge >= 0.3 is 0 Å². The number of pyridine rings is 1. The molecule has 0 aliphatic heterocycles. The first-order chi connectivity index (χ1) is 6.38. The number of carbonyl (C=O) groups is 1. The minimum absolute atomic E-state index is 0.340. The van der Waals surface area contributed by atoms with Gasteiger partial charge in [0.15, 0.2) is 6.29 Å². The van der Waals surface area contributed by atoms with Gasteiger partial charge in [-0.15, -0.1) is 0 Å². The summed E-state index contributed by atoms with van der Waals surface area (Å²) in [4.78, 5) is 14.4. The molecule has 0 aliphatic carbocycles. The fourth-order valence-electron chi connectivity index (χ4n) is 0.903. The Hall–Kier alpha value is -1.95. The van der Waals surface area contributed by atoms with Crippen LogP contribution < -0.4 is 0 Å². The van der Waals surface area contributed by atoms with Crippen molar-refractivity contribution in [1.82, 2.24) is 4.98 Å². The van der Waals surface area contributed by atoms with Crippen molar-refractivity contribution >= 4 is 12.4 Å². The number of rotatable bonds is 3. The Kier molecular flexibility index (Phi) is 3.40. The zero-order valence-electron chi connectivity index (χ0n) is 6.97. The Morgan fingerprint density at radius 3 is 3.08 bits per heavy atom. The fraction of sp³-hybridized carbons (Fsp3) is 0.100. The van der Waals surface area contributed by atoms with Gasteiger partial charge in [0.1, 0.15) is 0 Å². The van der Waals surface area contributed by atoms with Crippen LogP contribution in [-0.2, 0) is 0 Å². The number of carbonyl (C=O) groups excluding carboxylic acids is 1. The summed E-state index contributed by atoms with van der Waals surface area (Å²) in [6, 6.07) is 3.62. The van der Waals surface area contributed by atoms with Crippen LogP contribution in [-0.4, -0.2) is 11.3 Å². The number of hydrogen-bond acceptors (Lipinski definition) is 3. The first-order valence-electron chi connectivity index (χ1n) is 3.81. The predicted octanol–water partition coefficient (Wildman–Crippen LogP) is 1.82. The quantitative estimate of drug-likeness (QED) is 0.653. The topological polar surface area (TPSA) is 53.8 Å². The van der Waals surface area contributed by atoms with E-state index in [1.807, 2.05) is 6.07 Å². The highest BCUT2D eigenvalue weighted by molar-refractivity contribution is 5.81. The first-order valence-corrected chi connectivity index (χ1v) is 3.81. The van der Waals surface area contributed by atoms with E-state index in [-0.39, 0.29) is 0 Å². The third-order valence-corrected chi connectivity index (χ3v) is 1.52. The van der Waals surface area contributed by atoms with Crippen molar-refractivity contribution in [3.8, 4) is 6.07 Å². The minimum atomic E-state index is 0.340. The van der Waals surface area contributed by atoms with Gasteiger partial charge in [-0.1, -0.05) is 12.2 Å². The Balaban J connectivity index is 2.88. The molecule has 0 saturated carbocycles. The molecule has 64 valence electrons. The van der Waals surface area contributed by atoms with Gasteiger partial charge in [-0.05, 0) is 6.07 Å². The lowest BCUT2D eigenvalue weighted by Gasteiger charge is -1.94. The van der Waals surface area contributed by atoms with Crippen LogP contribution in [0.25, 0.3) is 6.08 Å². The van der Waals surface area contributed by atoms with Gasteiger partial charge in [-0.25, -0.2) is 0 Å². The molecule has 1 aromatic heterocycles. The van der Waals surface area contributed by atoms with E-state index in [4.69, 9.17) is 5.26 Å². The molecule has 0 unspecified atom stereocenters. The summed E-state index contributed by atoms with van der Waals surface area (Å²) in [5.41, 5.74) is 1.33. The molecule has 1 rings (SSSR count). The molecule has 1 heterocycles. The molecule has 0 radical (unpaired) electrons. The molecule has 0 aliphatic rings. The van der Waals surface area contributed by atoms with Crippen LogP contribution in [0.1, 0.15) is 22.3 Å². The molecule has 0 saturated heterocycles. The average Bonchev–Trinajstić information content (AvgIpc) is 2.19. The summed E-state index contributed by atoms with van der Waals surface area (Å²) in [7, 11) is 0. The molecule has 13 heavy (non-hydrogen) atoms. The van der Waals surface area contributed by atoms with Crippen LogP contribution in [0, 0.1) is 11.3 Å². The fourth-order valence-corrected chi connectivity index (χ4v) is 0.903. The SMILES string of the molecule is N#CCC=Cc1cnccc1C=O. The highest BCUT2D eigenvalue weighted by atomic mass is 16.1. The van der Waals surface area contributed by atoms with Crippen molar-refractivity contribution in [3.05, 3.63) is 35.7 Å². The number of nitrogens with zero attached hydrogens (tertiary/aromatic N) is 2. The number of nitriles is 1. The number of allylic oxidation sites excluding steroid dienone is 1. The van der Waals surface area contributed by atoms with E-state index in [0.29, 0.717) is 12.0 Å². The summed E-state index contributed by atoms with van der Waals surface area (Å²) < 4.78 is 0. The van der Waals surface area contributed by atoms with E-state index in [1.165, 1.54) is 0 Å². The third kappa shape index (κ3) is 2.53. The number of aldehydes is 1. The molecule has 0 amide bonds. The monoisotopic (exact) mass is 172 g/mol. The summed E-state index contributed by atoms with van der Waals surface area (Å²) in [5, 5.41) is 8.28. The van der Waals surface area contributed by atoms with Gasteiger partial charge in [-0.2, -0.15) is 5.26 Å². The van der Waals surface area contributed by atoms with Crippen molar-refractivity contribution in [2.45, 2.75) is 6.42 Å². The molecular weight excluding hydrogens is 164 g/mol. The second kappa shape index (κ2) is 4.83. The molecule has 3 nitrogen and oxygen atoms in total. The summed E-state index contributed by atoms with van der Waals surface area (Å²) in [6.07, 6.45) is 7.69. The zero-order chi connectivity index (χ0) is 9.52. The van der Waals surface area contributed by atoms with E-state index in [2.05, 4.69) is 4.98 Å². The van der Waals surface area contributed by atoms with E-state index < -0.39 is 0 Å². The summed E-state index contributed by atoms with van der Waals surface area (Å²) in [5.74, 6) is 0. The molecule has 0 aromatic carbocycles. The smallest absolute Gasteiger partial charge is 0.150 e. The second-order valence-electron chi connectivity index (χ2n) is 2.39. The van der Waals surface area contributed by atoms with Crippen LogP contribution in [0.4, 0.5) is 0 Å². The van der Waals surface area contributed by atoms with Gasteiger partial charge in [0.05, 0.1) is 12.5 Å². The van der Waals surface area contributed by atoms with Crippen LogP contribution in [0.3, 0.4) is 0 Å². The molecule has 0 bridgehead atoms. The van der Waals surface area contributed by atoms with Crippen molar-refractivity contribution in [2.24, 2.45) is 0 Å². The maximum Gasteiger partial charge on any atom is 0.150 e. The van der Waals surface area contributed by atoms with E-state index in [9.17, 15) is 4.79 Å². The largest absolute Gasteiger partial charge is 0.298 e. The highest BCUT2D eigenvalue weighted by Gasteiger charge is 1.95. The number of hydrogen-bond donors (Lipinski definition) is 0. The lowest BCUT2D eigenvalue weighted by atomic mass is 10.1. The predicted molar refractivity (Wildman–Crippen MR) is 48.9 cm³/mol. The molecular formula is C10H8N2O. The van der Waals surface area contributed by atoms with Gasteiger partial charge in [0.2, 0.25) is 0 Å². The lowest BCUT2D eigenvalue weighted by Crippen LogP contribution is -1.86. The van der Waals surface area contributed by atoms with Crippen LogP contribution in [0.5, 0.6) is 0 Å². The molecule has 0 atom stereocenters. The normalized spacial score (nSPS) is 9.77. The molecule has 0 spiro atoms. The lowest BCUT2D eigenvalue weighted by molar-refractivity contribution is 0.112. The standard InChI is InChI=1S/C10H8N2O/c11-5-2-1-3-9-7-12-6-4-10(9)8-13/h1,3-4,6-8H,2H2.